The van der Waals surface area contributed by atoms with Gasteiger partial charge in [-0.05, 0) is 26.7 Å². The lowest BCUT2D eigenvalue weighted by molar-refractivity contribution is 0.735. The molecule has 0 N–H and O–H groups in total. The van der Waals surface area contributed by atoms with Crippen LogP contribution >= 0.6 is 0 Å². The molecule has 3 aromatic carbocycles. The maximum absolute atomic E-state index is 2.47. The van der Waals surface area contributed by atoms with Gasteiger partial charge in [0.05, 0.1) is 0 Å². The van der Waals surface area contributed by atoms with Gasteiger partial charge in [-0.25, -0.2) is 0 Å². The van der Waals surface area contributed by atoms with Crippen LogP contribution in [-0.2, 0) is 5.04 Å². The zero-order valence-electron chi connectivity index (χ0n) is 12.0. The molecule has 0 atom stereocenters. The second kappa shape index (κ2) is 3.55. The Morgan fingerprint density at radius 1 is 0.619 bits per heavy atom. The Morgan fingerprint density at radius 2 is 1.10 bits per heavy atom. The van der Waals surface area contributed by atoms with E-state index in [0.717, 1.165) is 0 Å². The SMILES string of the molecule is CC12c3ccccc3[Si]1(c1ccccc1)c1ccccc12. The van der Waals surface area contributed by atoms with E-state index in [9.17, 15) is 0 Å². The Balaban J connectivity index is 1.91. The molecular weight excluding hydrogens is 268 g/mol. The van der Waals surface area contributed by atoms with Crippen molar-refractivity contribution in [2.45, 2.75) is 12.0 Å². The monoisotopic (exact) mass is 284 g/mol. The van der Waals surface area contributed by atoms with Gasteiger partial charge in [0.2, 0.25) is 0 Å². The highest BCUT2D eigenvalue weighted by Gasteiger charge is 2.72. The summed E-state index contributed by atoms with van der Waals surface area (Å²) in [6.07, 6.45) is 0. The van der Waals surface area contributed by atoms with Crippen molar-refractivity contribution in [3.05, 3.63) is 90.0 Å². The van der Waals surface area contributed by atoms with E-state index in [1.165, 1.54) is 0 Å². The van der Waals surface area contributed by atoms with Gasteiger partial charge in [0, 0.05) is 5.04 Å². The summed E-state index contributed by atoms with van der Waals surface area (Å²) in [7, 11) is -1.76. The normalized spacial score (nSPS) is 27.7. The van der Waals surface area contributed by atoms with E-state index in [1.54, 1.807) is 26.7 Å². The van der Waals surface area contributed by atoms with E-state index in [-0.39, 0.29) is 5.04 Å². The van der Waals surface area contributed by atoms with E-state index in [4.69, 9.17) is 0 Å². The quantitative estimate of drug-likeness (QED) is 0.602. The van der Waals surface area contributed by atoms with Gasteiger partial charge in [0.15, 0.2) is 8.07 Å². The van der Waals surface area contributed by atoms with Crippen LogP contribution in [0.2, 0.25) is 0 Å². The third-order valence-corrected chi connectivity index (χ3v) is 11.4. The lowest BCUT2D eigenvalue weighted by Crippen LogP contribution is -2.93. The average molecular weight is 284 g/mol. The Kier molecular flexibility index (Phi) is 1.95. The highest BCUT2D eigenvalue weighted by molar-refractivity contribution is 7.20. The fourth-order valence-electron chi connectivity index (χ4n) is 4.89. The largest absolute Gasteiger partial charge is 0.163 e. The van der Waals surface area contributed by atoms with Crippen LogP contribution in [0.25, 0.3) is 0 Å². The van der Waals surface area contributed by atoms with E-state index < -0.39 is 8.07 Å². The Labute approximate surface area is 126 Å². The van der Waals surface area contributed by atoms with Crippen LogP contribution in [0.3, 0.4) is 0 Å². The molecule has 3 aromatic rings. The van der Waals surface area contributed by atoms with Crippen molar-refractivity contribution in [3.8, 4) is 0 Å². The van der Waals surface area contributed by atoms with Crippen molar-refractivity contribution >= 4 is 23.6 Å². The van der Waals surface area contributed by atoms with Crippen molar-refractivity contribution < 1.29 is 0 Å². The minimum absolute atomic E-state index is 0.265. The highest BCUT2D eigenvalue weighted by Crippen LogP contribution is 2.53. The molecule has 100 valence electrons. The molecule has 0 bridgehead atoms. The molecule has 2 aliphatic heterocycles. The summed E-state index contributed by atoms with van der Waals surface area (Å²) < 4.78 is 0. The number of hydrogen-bond donors (Lipinski definition) is 0. The molecule has 0 nitrogen and oxygen atoms in total. The zero-order valence-corrected chi connectivity index (χ0v) is 13.0. The summed E-state index contributed by atoms with van der Waals surface area (Å²) in [6, 6.07) is 29.4. The molecule has 0 fully saturated rings. The molecule has 0 radical (unpaired) electrons. The summed E-state index contributed by atoms with van der Waals surface area (Å²) in [4.78, 5) is 0. The van der Waals surface area contributed by atoms with Gasteiger partial charge in [-0.15, -0.1) is 0 Å². The second-order valence-electron chi connectivity index (χ2n) is 6.33. The summed E-state index contributed by atoms with van der Waals surface area (Å²) in [5, 5.41) is 5.07. The minimum Gasteiger partial charge on any atom is -0.0624 e. The van der Waals surface area contributed by atoms with Crippen molar-refractivity contribution in [2.75, 3.05) is 0 Å². The number of hydrogen-bond acceptors (Lipinski definition) is 0. The standard InChI is InChI=1S/C20H16Si/c1-20-16-11-5-7-13-18(16)21(20,15-9-3-2-4-10-15)19-14-8-6-12-17(19)20/h2-14H,1H3. The van der Waals surface area contributed by atoms with Crippen LogP contribution < -0.4 is 15.6 Å². The van der Waals surface area contributed by atoms with Crippen molar-refractivity contribution in [3.63, 3.8) is 0 Å². The highest BCUT2D eigenvalue weighted by atomic mass is 28.3. The fraction of sp³-hybridized carbons (Fsp3) is 0.100. The Morgan fingerprint density at radius 3 is 1.67 bits per heavy atom. The zero-order chi connectivity index (χ0) is 14.1. The predicted molar refractivity (Wildman–Crippen MR) is 90.4 cm³/mol. The first-order chi connectivity index (χ1) is 10.3. The van der Waals surface area contributed by atoms with Crippen molar-refractivity contribution in [1.29, 1.82) is 0 Å². The average Bonchev–Trinajstić information content (AvgIpc) is 2.55. The molecule has 2 aliphatic rings. The smallest absolute Gasteiger partial charge is 0.0624 e. The molecule has 2 heterocycles. The van der Waals surface area contributed by atoms with Gasteiger partial charge >= 0.3 is 0 Å². The minimum atomic E-state index is -1.76. The van der Waals surface area contributed by atoms with Gasteiger partial charge in [0.1, 0.15) is 0 Å². The van der Waals surface area contributed by atoms with E-state index in [0.29, 0.717) is 0 Å². The summed E-state index contributed by atoms with van der Waals surface area (Å²) >= 11 is 0. The molecule has 0 saturated carbocycles. The molecule has 0 aromatic heterocycles. The Bertz CT molecular complexity index is 816. The summed E-state index contributed by atoms with van der Waals surface area (Å²) in [5.74, 6) is 0. The van der Waals surface area contributed by atoms with Gasteiger partial charge in [-0.3, -0.25) is 0 Å². The molecule has 1 heteroatoms. The molecule has 0 aliphatic carbocycles. The van der Waals surface area contributed by atoms with Gasteiger partial charge in [-0.1, -0.05) is 85.8 Å². The first-order valence-electron chi connectivity index (χ1n) is 7.57. The molecular formula is C20H16Si. The van der Waals surface area contributed by atoms with Gasteiger partial charge in [0.25, 0.3) is 0 Å². The molecule has 0 unspecified atom stereocenters. The van der Waals surface area contributed by atoms with Gasteiger partial charge in [-0.2, -0.15) is 0 Å². The van der Waals surface area contributed by atoms with Gasteiger partial charge < -0.3 is 0 Å². The number of fused-ring (bicyclic) bond motifs is 7. The number of rotatable bonds is 1. The molecule has 0 saturated heterocycles. The third kappa shape index (κ3) is 1.01. The topological polar surface area (TPSA) is 0 Å². The Hall–Kier alpha value is -2.12. The first-order valence-corrected chi connectivity index (χ1v) is 9.57. The lowest BCUT2D eigenvalue weighted by Gasteiger charge is -2.67. The predicted octanol–water partition coefficient (Wildman–Crippen LogP) is 2.33. The lowest BCUT2D eigenvalue weighted by atomic mass is 9.88. The third-order valence-electron chi connectivity index (χ3n) is 5.70. The van der Waals surface area contributed by atoms with Crippen molar-refractivity contribution in [2.24, 2.45) is 0 Å². The van der Waals surface area contributed by atoms with Crippen LogP contribution in [0.4, 0.5) is 0 Å². The van der Waals surface area contributed by atoms with E-state index in [2.05, 4.69) is 85.8 Å². The van der Waals surface area contributed by atoms with Crippen LogP contribution in [-0.4, -0.2) is 8.07 Å². The summed E-state index contributed by atoms with van der Waals surface area (Å²) in [5.41, 5.74) is 3.11. The van der Waals surface area contributed by atoms with Crippen LogP contribution in [0.1, 0.15) is 18.1 Å². The molecule has 21 heavy (non-hydrogen) atoms. The van der Waals surface area contributed by atoms with E-state index >= 15 is 0 Å². The molecule has 0 amide bonds. The van der Waals surface area contributed by atoms with Crippen LogP contribution in [0, 0.1) is 0 Å². The summed E-state index contributed by atoms with van der Waals surface area (Å²) in [6.45, 7) is 2.47. The second-order valence-corrected chi connectivity index (χ2v) is 10.5. The first kappa shape index (κ1) is 11.5. The molecule has 5 rings (SSSR count). The van der Waals surface area contributed by atoms with Crippen LogP contribution in [0.5, 0.6) is 0 Å². The van der Waals surface area contributed by atoms with E-state index in [1.807, 2.05) is 0 Å². The fourth-order valence-corrected chi connectivity index (χ4v) is 11.2. The maximum atomic E-state index is 2.47. The molecule has 0 spiro atoms. The van der Waals surface area contributed by atoms with Crippen molar-refractivity contribution in [1.82, 2.24) is 0 Å². The maximum Gasteiger partial charge on any atom is 0.163 e. The number of benzene rings is 3. The van der Waals surface area contributed by atoms with Crippen LogP contribution in [0.15, 0.2) is 78.9 Å².